The Labute approximate surface area is 124 Å². The van der Waals surface area contributed by atoms with Crippen LogP contribution in [0.25, 0.3) is 10.8 Å². The molecule has 1 heterocycles. The monoisotopic (exact) mass is 327 g/mol. The molecular formula is C16H10BrNO2. The van der Waals surface area contributed by atoms with Gasteiger partial charge in [-0.2, -0.15) is 0 Å². The molecule has 0 aliphatic rings. The van der Waals surface area contributed by atoms with Crippen molar-refractivity contribution in [3.05, 3.63) is 71.0 Å². The smallest absolute Gasteiger partial charge is 0.343 e. The maximum Gasteiger partial charge on any atom is 0.343 e. The lowest BCUT2D eigenvalue weighted by Crippen LogP contribution is -2.08. The number of hydrogen-bond acceptors (Lipinski definition) is 3. The minimum atomic E-state index is -0.400. The fraction of sp³-hybridized carbons (Fsp3) is 0. The molecule has 0 atom stereocenters. The Morgan fingerprint density at radius 3 is 2.55 bits per heavy atom. The Hall–Kier alpha value is -2.20. The Morgan fingerprint density at radius 2 is 1.75 bits per heavy atom. The summed E-state index contributed by atoms with van der Waals surface area (Å²) in [7, 11) is 0. The van der Waals surface area contributed by atoms with Crippen LogP contribution in [-0.2, 0) is 0 Å². The molecule has 0 aliphatic carbocycles. The molecule has 0 N–H and O–H groups in total. The van der Waals surface area contributed by atoms with E-state index >= 15 is 0 Å². The summed E-state index contributed by atoms with van der Waals surface area (Å²) in [6.07, 6.45) is 3.12. The van der Waals surface area contributed by atoms with Gasteiger partial charge in [0.15, 0.2) is 0 Å². The zero-order chi connectivity index (χ0) is 13.9. The predicted octanol–water partition coefficient (Wildman–Crippen LogP) is 4.22. The van der Waals surface area contributed by atoms with E-state index in [0.29, 0.717) is 11.3 Å². The molecule has 1 aromatic heterocycles. The Balaban J connectivity index is 1.95. The minimum Gasteiger partial charge on any atom is -0.422 e. The van der Waals surface area contributed by atoms with Crippen LogP contribution in [0.15, 0.2) is 65.4 Å². The highest BCUT2D eigenvalue weighted by atomic mass is 79.9. The number of carbonyl (C=O) groups excluding carboxylic acids is 1. The Morgan fingerprint density at radius 1 is 1.00 bits per heavy atom. The molecule has 0 amide bonds. The van der Waals surface area contributed by atoms with Crippen molar-refractivity contribution >= 4 is 32.7 Å². The number of fused-ring (bicyclic) bond motifs is 1. The van der Waals surface area contributed by atoms with Crippen molar-refractivity contribution in [1.82, 2.24) is 4.98 Å². The summed E-state index contributed by atoms with van der Waals surface area (Å²) in [5.74, 6) is 0.105. The maximum absolute atomic E-state index is 12.0. The van der Waals surface area contributed by atoms with Crippen molar-refractivity contribution in [2.45, 2.75) is 0 Å². The molecule has 0 unspecified atom stereocenters. The van der Waals surface area contributed by atoms with E-state index in [2.05, 4.69) is 20.9 Å². The molecule has 0 saturated carbocycles. The molecule has 20 heavy (non-hydrogen) atoms. The molecule has 3 aromatic rings. The van der Waals surface area contributed by atoms with E-state index in [-0.39, 0.29) is 0 Å². The molecule has 0 aliphatic heterocycles. The number of carbonyl (C=O) groups is 1. The summed E-state index contributed by atoms with van der Waals surface area (Å²) >= 11 is 3.49. The van der Waals surface area contributed by atoms with Gasteiger partial charge in [-0.25, -0.2) is 4.79 Å². The average Bonchev–Trinajstić information content (AvgIpc) is 2.51. The van der Waals surface area contributed by atoms with E-state index in [1.807, 2.05) is 30.3 Å². The van der Waals surface area contributed by atoms with Gasteiger partial charge >= 0.3 is 5.97 Å². The summed E-state index contributed by atoms with van der Waals surface area (Å²) in [5.41, 5.74) is 0.472. The highest BCUT2D eigenvalue weighted by molar-refractivity contribution is 9.10. The summed E-state index contributed by atoms with van der Waals surface area (Å²) in [4.78, 5) is 15.9. The van der Waals surface area contributed by atoms with Gasteiger partial charge in [-0.3, -0.25) is 4.98 Å². The number of aromatic nitrogens is 1. The number of ether oxygens (including phenoxy) is 1. The number of hydrogen-bond donors (Lipinski definition) is 0. The number of halogens is 1. The molecule has 0 radical (unpaired) electrons. The number of rotatable bonds is 2. The van der Waals surface area contributed by atoms with E-state index in [1.165, 1.54) is 0 Å². The van der Waals surface area contributed by atoms with Crippen molar-refractivity contribution in [2.75, 3.05) is 0 Å². The highest BCUT2D eigenvalue weighted by Crippen LogP contribution is 2.33. The number of benzene rings is 2. The van der Waals surface area contributed by atoms with Crippen molar-refractivity contribution in [1.29, 1.82) is 0 Å². The third kappa shape index (κ3) is 2.42. The predicted molar refractivity (Wildman–Crippen MR) is 80.8 cm³/mol. The van der Waals surface area contributed by atoms with E-state index < -0.39 is 5.97 Å². The summed E-state index contributed by atoms with van der Waals surface area (Å²) < 4.78 is 6.20. The molecule has 3 rings (SSSR count). The quantitative estimate of drug-likeness (QED) is 0.522. The first-order valence-electron chi connectivity index (χ1n) is 6.05. The molecule has 2 aromatic carbocycles. The summed E-state index contributed by atoms with van der Waals surface area (Å²) in [5, 5.41) is 2.09. The lowest BCUT2D eigenvalue weighted by molar-refractivity contribution is 0.0733. The van der Waals surface area contributed by atoms with E-state index in [4.69, 9.17) is 4.74 Å². The van der Waals surface area contributed by atoms with Gasteiger partial charge < -0.3 is 4.74 Å². The van der Waals surface area contributed by atoms with Crippen LogP contribution in [0.1, 0.15) is 10.4 Å². The van der Waals surface area contributed by atoms with Crippen LogP contribution in [0.5, 0.6) is 5.75 Å². The molecule has 0 fully saturated rings. The first-order valence-corrected chi connectivity index (χ1v) is 6.84. The largest absolute Gasteiger partial charge is 0.422 e. The molecule has 3 nitrogen and oxygen atoms in total. The second-order valence-electron chi connectivity index (χ2n) is 4.22. The molecule has 0 spiro atoms. The summed E-state index contributed by atoms with van der Waals surface area (Å²) in [6.45, 7) is 0. The van der Waals surface area contributed by atoms with Gasteiger partial charge in [0.05, 0.1) is 10.0 Å². The van der Waals surface area contributed by atoms with Crippen molar-refractivity contribution in [3.63, 3.8) is 0 Å². The Kier molecular flexibility index (Phi) is 3.48. The van der Waals surface area contributed by atoms with Crippen molar-refractivity contribution in [2.24, 2.45) is 0 Å². The zero-order valence-corrected chi connectivity index (χ0v) is 12.0. The topological polar surface area (TPSA) is 39.2 Å². The fourth-order valence-electron chi connectivity index (χ4n) is 1.94. The SMILES string of the molecule is O=C(Oc1ccc2ccccc2c1Br)c1ccncc1. The average molecular weight is 328 g/mol. The number of pyridine rings is 1. The van der Waals surface area contributed by atoms with Crippen LogP contribution in [0.2, 0.25) is 0 Å². The van der Waals surface area contributed by atoms with E-state index in [9.17, 15) is 4.79 Å². The summed E-state index contributed by atoms with van der Waals surface area (Å²) in [6, 6.07) is 14.9. The zero-order valence-electron chi connectivity index (χ0n) is 10.4. The van der Waals surface area contributed by atoms with Gasteiger partial charge in [-0.15, -0.1) is 0 Å². The maximum atomic E-state index is 12.0. The van der Waals surface area contributed by atoms with Crippen LogP contribution < -0.4 is 4.74 Å². The van der Waals surface area contributed by atoms with Crippen LogP contribution in [-0.4, -0.2) is 11.0 Å². The van der Waals surface area contributed by atoms with Gasteiger partial charge in [0, 0.05) is 12.4 Å². The second-order valence-corrected chi connectivity index (χ2v) is 5.02. The third-order valence-electron chi connectivity index (χ3n) is 2.95. The van der Waals surface area contributed by atoms with Crippen LogP contribution in [0.4, 0.5) is 0 Å². The number of nitrogens with zero attached hydrogens (tertiary/aromatic N) is 1. The standard InChI is InChI=1S/C16H10BrNO2/c17-15-13-4-2-1-3-11(13)5-6-14(15)20-16(19)12-7-9-18-10-8-12/h1-10H. The molecular weight excluding hydrogens is 318 g/mol. The van der Waals surface area contributed by atoms with Gasteiger partial charge in [0.25, 0.3) is 0 Å². The van der Waals surface area contributed by atoms with E-state index in [1.54, 1.807) is 30.6 Å². The molecule has 0 bridgehead atoms. The van der Waals surface area contributed by atoms with Crippen molar-refractivity contribution < 1.29 is 9.53 Å². The first-order chi connectivity index (χ1) is 9.75. The normalized spacial score (nSPS) is 10.4. The van der Waals surface area contributed by atoms with E-state index in [0.717, 1.165) is 15.2 Å². The van der Waals surface area contributed by atoms with Gasteiger partial charge in [0.2, 0.25) is 0 Å². The van der Waals surface area contributed by atoms with Gasteiger partial charge in [-0.1, -0.05) is 30.3 Å². The lowest BCUT2D eigenvalue weighted by Gasteiger charge is -2.08. The first kappa shape index (κ1) is 12.8. The minimum absolute atomic E-state index is 0.400. The fourth-order valence-corrected chi connectivity index (χ4v) is 2.51. The molecule has 4 heteroatoms. The second kappa shape index (κ2) is 5.43. The van der Waals surface area contributed by atoms with Crippen LogP contribution >= 0.6 is 15.9 Å². The number of esters is 1. The Bertz CT molecular complexity index is 772. The van der Waals surface area contributed by atoms with Crippen molar-refractivity contribution in [3.8, 4) is 5.75 Å². The third-order valence-corrected chi connectivity index (χ3v) is 3.76. The van der Waals surface area contributed by atoms with Crippen LogP contribution in [0.3, 0.4) is 0 Å². The highest BCUT2D eigenvalue weighted by Gasteiger charge is 2.12. The van der Waals surface area contributed by atoms with Gasteiger partial charge in [-0.05, 0) is 44.9 Å². The van der Waals surface area contributed by atoms with Crippen LogP contribution in [0, 0.1) is 0 Å². The molecule has 0 saturated heterocycles. The lowest BCUT2D eigenvalue weighted by atomic mass is 10.1. The molecule has 98 valence electrons. The van der Waals surface area contributed by atoms with Gasteiger partial charge in [0.1, 0.15) is 5.75 Å².